The van der Waals surface area contributed by atoms with E-state index in [9.17, 15) is 23.1 Å². The van der Waals surface area contributed by atoms with E-state index in [1.165, 1.54) is 18.2 Å². The fourth-order valence-corrected chi connectivity index (χ4v) is 11.0. The van der Waals surface area contributed by atoms with Crippen LogP contribution in [0.3, 0.4) is 0 Å². The number of aliphatic carboxylic acids is 1. The summed E-state index contributed by atoms with van der Waals surface area (Å²) in [6.07, 6.45) is 0.566. The van der Waals surface area contributed by atoms with Crippen molar-refractivity contribution in [2.75, 3.05) is 239 Å². The maximum absolute atomic E-state index is 13.5. The average Bonchev–Trinajstić information content (AvgIpc) is 1.85. The third-order valence-electron chi connectivity index (χ3n) is 13.1. The molecule has 0 aliphatic carbocycles. The molecule has 1 amide bonds. The number of methoxy groups -OCH3 is 3. The minimum Gasteiger partial charge on any atom is -0.496 e. The SMILES string of the molecule is COCCOCCOCCOCCOCCOCCOCCOCCOCCOCCOCCOCCOCCOCCOCCOCCOCc1cc(OC)c(-c2ccc(C[C@H](NC(=O)[C@@H]3CCCN3S(=O)(=O)c3cc(Cl)cc(Cl)c3)C(=O)O)cc2)c(OC)c1. The molecule has 29 heteroatoms. The normalized spacial score (nSPS) is 13.9. The van der Waals surface area contributed by atoms with Crippen molar-refractivity contribution in [3.63, 3.8) is 0 Å². The highest BCUT2D eigenvalue weighted by molar-refractivity contribution is 7.89. The molecular formula is C62H96Cl2N2O24S. The molecule has 4 rings (SSSR count). The van der Waals surface area contributed by atoms with Gasteiger partial charge in [-0.2, -0.15) is 4.31 Å². The summed E-state index contributed by atoms with van der Waals surface area (Å²) in [5.74, 6) is -0.911. The molecule has 518 valence electrons. The molecule has 3 aromatic carbocycles. The number of nitrogens with one attached hydrogen (secondary N) is 1. The summed E-state index contributed by atoms with van der Waals surface area (Å²) in [6.45, 7) is 15.4. The molecule has 1 saturated heterocycles. The first-order valence-electron chi connectivity index (χ1n) is 30.6. The molecular weight excluding hydrogens is 1260 g/mol. The van der Waals surface area contributed by atoms with Gasteiger partial charge in [0, 0.05) is 30.1 Å². The summed E-state index contributed by atoms with van der Waals surface area (Å²) in [7, 11) is 0.582. The molecule has 1 fully saturated rings. The van der Waals surface area contributed by atoms with Gasteiger partial charge in [0.2, 0.25) is 15.9 Å². The lowest BCUT2D eigenvalue weighted by Gasteiger charge is -2.25. The van der Waals surface area contributed by atoms with Crippen molar-refractivity contribution in [3.8, 4) is 22.6 Å². The van der Waals surface area contributed by atoms with E-state index in [-0.39, 0.29) is 40.9 Å². The summed E-state index contributed by atoms with van der Waals surface area (Å²) in [5, 5.41) is 12.9. The number of carboxylic acid groups (broad SMARTS) is 1. The zero-order valence-corrected chi connectivity index (χ0v) is 55.3. The van der Waals surface area contributed by atoms with Gasteiger partial charge in [0.05, 0.1) is 243 Å². The first-order chi connectivity index (χ1) is 44.5. The van der Waals surface area contributed by atoms with Gasteiger partial charge in [0.25, 0.3) is 0 Å². The number of ether oxygens (including phenoxy) is 19. The van der Waals surface area contributed by atoms with E-state index in [1.54, 1.807) is 45.6 Å². The number of sulfonamides is 1. The van der Waals surface area contributed by atoms with Crippen LogP contribution in [0, 0.1) is 0 Å². The summed E-state index contributed by atoms with van der Waals surface area (Å²) in [5.41, 5.74) is 2.85. The van der Waals surface area contributed by atoms with E-state index < -0.39 is 34.0 Å². The largest absolute Gasteiger partial charge is 0.496 e. The second kappa shape index (κ2) is 51.4. The van der Waals surface area contributed by atoms with Crippen molar-refractivity contribution >= 4 is 45.1 Å². The van der Waals surface area contributed by atoms with Crippen LogP contribution in [0.2, 0.25) is 10.0 Å². The molecule has 1 aliphatic heterocycles. The van der Waals surface area contributed by atoms with E-state index in [1.807, 2.05) is 12.1 Å². The van der Waals surface area contributed by atoms with Gasteiger partial charge < -0.3 is 100 Å². The van der Waals surface area contributed by atoms with Crippen molar-refractivity contribution in [3.05, 3.63) is 75.8 Å². The van der Waals surface area contributed by atoms with E-state index in [4.69, 9.17) is 113 Å². The molecule has 3 aromatic rings. The van der Waals surface area contributed by atoms with Gasteiger partial charge in [-0.3, -0.25) is 4.79 Å². The maximum Gasteiger partial charge on any atom is 0.326 e. The number of amides is 1. The molecule has 0 bridgehead atoms. The zero-order chi connectivity index (χ0) is 65.3. The first kappa shape index (κ1) is 79.4. The molecule has 91 heavy (non-hydrogen) atoms. The van der Waals surface area contributed by atoms with Crippen LogP contribution in [0.15, 0.2) is 59.5 Å². The Bertz CT molecular complexity index is 2430. The van der Waals surface area contributed by atoms with Crippen molar-refractivity contribution in [1.82, 2.24) is 9.62 Å². The van der Waals surface area contributed by atoms with Gasteiger partial charge in [0.15, 0.2) is 0 Å². The number of hydrogen-bond acceptors (Lipinski definition) is 23. The average molecular weight is 1360 g/mol. The number of nitrogens with zero attached hydrogens (tertiary/aromatic N) is 1. The minimum absolute atomic E-state index is 0.0608. The van der Waals surface area contributed by atoms with Gasteiger partial charge in [-0.1, -0.05) is 47.5 Å². The quantitative estimate of drug-likeness (QED) is 0.0699. The highest BCUT2D eigenvalue weighted by Crippen LogP contribution is 2.40. The molecule has 0 unspecified atom stereocenters. The molecule has 0 spiro atoms. The summed E-state index contributed by atoms with van der Waals surface area (Å²) in [6, 6.07) is 12.3. The van der Waals surface area contributed by atoms with Crippen LogP contribution in [0.1, 0.15) is 24.0 Å². The third-order valence-corrected chi connectivity index (χ3v) is 15.4. The maximum atomic E-state index is 13.5. The Morgan fingerprint density at radius 3 is 1.13 bits per heavy atom. The van der Waals surface area contributed by atoms with Crippen LogP contribution in [0.25, 0.3) is 11.1 Å². The standard InChI is InChI=1S/C62H96Cl2N2O24S/c1-72-11-12-75-13-14-76-15-16-77-17-18-78-19-20-79-21-22-80-23-24-81-25-26-82-27-28-83-29-30-84-31-32-85-33-34-86-35-36-87-37-38-88-39-40-89-41-42-90-49-51-44-58(73-2)60(59(45-51)74-3)52-8-6-50(7-9-52)43-56(62(68)69)65-61(67)57-5-4-10-66(57)91(70,71)55-47-53(63)46-54(64)48-55/h6-9,44-48,56-57H,4-5,10-43,49H2,1-3H3,(H,65,67)(H,68,69)/t56-,57-/m0/s1. The number of hydrogen-bond donors (Lipinski definition) is 2. The highest BCUT2D eigenvalue weighted by atomic mass is 35.5. The molecule has 0 saturated carbocycles. The summed E-state index contributed by atoms with van der Waals surface area (Å²) < 4.78 is 133. The number of carbonyl (C=O) groups is 2. The van der Waals surface area contributed by atoms with Crippen molar-refractivity contribution in [1.29, 1.82) is 0 Å². The first-order valence-corrected chi connectivity index (χ1v) is 32.8. The van der Waals surface area contributed by atoms with E-state index >= 15 is 0 Å². The van der Waals surface area contributed by atoms with Crippen LogP contribution in [-0.4, -0.2) is 281 Å². The molecule has 0 aromatic heterocycles. The van der Waals surface area contributed by atoms with E-state index in [2.05, 4.69) is 5.32 Å². The van der Waals surface area contributed by atoms with Gasteiger partial charge in [-0.25, -0.2) is 13.2 Å². The van der Waals surface area contributed by atoms with E-state index in [0.717, 1.165) is 15.4 Å². The van der Waals surface area contributed by atoms with Crippen LogP contribution >= 0.6 is 23.2 Å². The monoisotopic (exact) mass is 1350 g/mol. The molecule has 2 atom stereocenters. The van der Waals surface area contributed by atoms with Crippen LogP contribution in [0.4, 0.5) is 0 Å². The Morgan fingerprint density at radius 1 is 0.484 bits per heavy atom. The molecule has 2 N–H and O–H groups in total. The predicted molar refractivity (Wildman–Crippen MR) is 335 cm³/mol. The highest BCUT2D eigenvalue weighted by Gasteiger charge is 2.41. The Morgan fingerprint density at radius 2 is 0.813 bits per heavy atom. The smallest absolute Gasteiger partial charge is 0.326 e. The van der Waals surface area contributed by atoms with Gasteiger partial charge in [0.1, 0.15) is 23.6 Å². The number of halogens is 2. The minimum atomic E-state index is -4.16. The van der Waals surface area contributed by atoms with Crippen LogP contribution < -0.4 is 14.8 Å². The van der Waals surface area contributed by atoms with Gasteiger partial charge in [-0.15, -0.1) is 0 Å². The third kappa shape index (κ3) is 35.4. The molecule has 1 heterocycles. The van der Waals surface area contributed by atoms with Crippen molar-refractivity contribution in [2.24, 2.45) is 0 Å². The Hall–Kier alpha value is -3.99. The van der Waals surface area contributed by atoms with E-state index in [0.29, 0.717) is 240 Å². The lowest BCUT2D eigenvalue weighted by atomic mass is 9.98. The fraction of sp³-hybridized carbons (Fsp3) is 0.677. The second-order valence-corrected chi connectivity index (χ2v) is 22.5. The lowest BCUT2D eigenvalue weighted by Crippen LogP contribution is -2.51. The number of rotatable bonds is 60. The van der Waals surface area contributed by atoms with Crippen LogP contribution in [-0.2, 0) is 113 Å². The Labute approximate surface area is 546 Å². The van der Waals surface area contributed by atoms with Gasteiger partial charge >= 0.3 is 5.97 Å². The lowest BCUT2D eigenvalue weighted by molar-refractivity contribution is -0.142. The Balaban J connectivity index is 0.883. The predicted octanol–water partition coefficient (Wildman–Crippen LogP) is 5.05. The topological polar surface area (TPSA) is 279 Å². The summed E-state index contributed by atoms with van der Waals surface area (Å²) in [4.78, 5) is 25.7. The summed E-state index contributed by atoms with van der Waals surface area (Å²) >= 11 is 12.1. The van der Waals surface area contributed by atoms with Crippen molar-refractivity contribution in [2.45, 2.75) is 42.8 Å². The van der Waals surface area contributed by atoms with Crippen molar-refractivity contribution < 1.29 is 113 Å². The molecule has 26 nitrogen and oxygen atoms in total. The zero-order valence-electron chi connectivity index (χ0n) is 53.0. The molecule has 0 radical (unpaired) electrons. The second-order valence-electron chi connectivity index (χ2n) is 19.8. The number of benzene rings is 3. The van der Waals surface area contributed by atoms with Crippen LogP contribution in [0.5, 0.6) is 11.5 Å². The fourth-order valence-electron chi connectivity index (χ4n) is 8.58. The Kier molecular flexibility index (Phi) is 44.8. The van der Waals surface area contributed by atoms with Gasteiger partial charge in [-0.05, 0) is 59.9 Å². The molecule has 1 aliphatic rings. The number of carbonyl (C=O) groups excluding carboxylic acids is 1. The number of carboxylic acids is 1.